The van der Waals surface area contributed by atoms with Crippen molar-refractivity contribution in [2.45, 2.75) is 13.0 Å². The van der Waals surface area contributed by atoms with Gasteiger partial charge >= 0.3 is 0 Å². The Labute approximate surface area is 116 Å². The van der Waals surface area contributed by atoms with E-state index < -0.39 is 0 Å². The van der Waals surface area contributed by atoms with E-state index in [1.807, 2.05) is 29.6 Å². The molecule has 1 aromatic carbocycles. The minimum Gasteiger partial charge on any atom is -0.336 e. The van der Waals surface area contributed by atoms with Crippen LogP contribution in [0.3, 0.4) is 0 Å². The van der Waals surface area contributed by atoms with Crippen LogP contribution in [0.4, 0.5) is 0 Å². The second-order valence-electron chi connectivity index (χ2n) is 4.34. The molecule has 0 aliphatic carbocycles. The number of hydrogen-bond donors (Lipinski definition) is 1. The molecule has 0 aliphatic heterocycles. The van der Waals surface area contributed by atoms with E-state index in [1.54, 1.807) is 17.5 Å². The van der Waals surface area contributed by atoms with Crippen LogP contribution in [-0.2, 0) is 13.0 Å². The van der Waals surface area contributed by atoms with E-state index in [2.05, 4.69) is 4.98 Å². The molecule has 0 aliphatic rings. The summed E-state index contributed by atoms with van der Waals surface area (Å²) in [5.74, 6) is 0.0112. The fourth-order valence-electron chi connectivity index (χ4n) is 1.94. The van der Waals surface area contributed by atoms with Gasteiger partial charge in [-0.15, -0.1) is 11.3 Å². The van der Waals surface area contributed by atoms with Crippen molar-refractivity contribution in [1.82, 2.24) is 9.88 Å². The van der Waals surface area contributed by atoms with E-state index in [4.69, 9.17) is 5.73 Å². The van der Waals surface area contributed by atoms with Crippen molar-refractivity contribution in [3.05, 3.63) is 52.0 Å². The minimum absolute atomic E-state index is 0.0112. The lowest BCUT2D eigenvalue weighted by atomic mass is 10.0. The summed E-state index contributed by atoms with van der Waals surface area (Å²) in [7, 11) is 1.79. The predicted molar refractivity (Wildman–Crippen MR) is 77.1 cm³/mol. The molecule has 1 aromatic heterocycles. The van der Waals surface area contributed by atoms with Gasteiger partial charge < -0.3 is 10.6 Å². The predicted octanol–water partition coefficient (Wildman–Crippen LogP) is 1.92. The van der Waals surface area contributed by atoms with Crippen molar-refractivity contribution >= 4 is 17.2 Å². The highest BCUT2D eigenvalue weighted by molar-refractivity contribution is 7.07. The number of aromatic nitrogens is 1. The second-order valence-corrected chi connectivity index (χ2v) is 5.06. The second kappa shape index (κ2) is 6.45. The number of amides is 1. The van der Waals surface area contributed by atoms with Crippen LogP contribution >= 0.6 is 11.3 Å². The fourth-order valence-corrected chi connectivity index (χ4v) is 2.49. The number of carbonyl (C=O) groups is 1. The van der Waals surface area contributed by atoms with Gasteiger partial charge in [-0.2, -0.15) is 0 Å². The maximum absolute atomic E-state index is 12.4. The Balaban J connectivity index is 2.14. The third-order valence-corrected chi connectivity index (χ3v) is 3.53. The van der Waals surface area contributed by atoms with Crippen LogP contribution < -0.4 is 5.73 Å². The van der Waals surface area contributed by atoms with Crippen molar-refractivity contribution in [1.29, 1.82) is 0 Å². The highest BCUT2D eigenvalue weighted by Gasteiger charge is 2.15. The van der Waals surface area contributed by atoms with E-state index >= 15 is 0 Å². The summed E-state index contributed by atoms with van der Waals surface area (Å²) in [6.07, 6.45) is 0.715. The summed E-state index contributed by atoms with van der Waals surface area (Å²) in [4.78, 5) is 18.3. The standard InChI is InChI=1S/C14H17N3OS/c1-17(8-12-9-19-10-16-12)14(18)13-5-3-2-4-11(13)6-7-15/h2-5,9-10H,6-8,15H2,1H3. The molecule has 0 saturated carbocycles. The van der Waals surface area contributed by atoms with Gasteiger partial charge in [0.25, 0.3) is 5.91 Å². The van der Waals surface area contributed by atoms with Crippen LogP contribution in [0.15, 0.2) is 35.2 Å². The van der Waals surface area contributed by atoms with E-state index in [9.17, 15) is 4.79 Å². The summed E-state index contributed by atoms with van der Waals surface area (Å²) in [5, 5.41) is 1.95. The van der Waals surface area contributed by atoms with Crippen molar-refractivity contribution in [2.75, 3.05) is 13.6 Å². The molecule has 1 heterocycles. The summed E-state index contributed by atoms with van der Waals surface area (Å²) >= 11 is 1.53. The summed E-state index contributed by atoms with van der Waals surface area (Å²) in [5.41, 5.74) is 10.00. The van der Waals surface area contributed by atoms with Crippen molar-refractivity contribution in [3.8, 4) is 0 Å². The number of rotatable bonds is 5. The molecule has 2 N–H and O–H groups in total. The lowest BCUT2D eigenvalue weighted by Gasteiger charge is -2.18. The average molecular weight is 275 g/mol. The molecule has 100 valence electrons. The smallest absolute Gasteiger partial charge is 0.254 e. The number of hydrogen-bond acceptors (Lipinski definition) is 4. The molecule has 4 nitrogen and oxygen atoms in total. The monoisotopic (exact) mass is 275 g/mol. The van der Waals surface area contributed by atoms with Gasteiger partial charge in [-0.05, 0) is 24.6 Å². The van der Waals surface area contributed by atoms with Crippen molar-refractivity contribution in [3.63, 3.8) is 0 Å². The largest absolute Gasteiger partial charge is 0.336 e. The summed E-state index contributed by atoms with van der Waals surface area (Å²) in [6.45, 7) is 1.07. The van der Waals surface area contributed by atoms with Gasteiger partial charge in [-0.1, -0.05) is 18.2 Å². The van der Waals surface area contributed by atoms with Crippen LogP contribution in [0.5, 0.6) is 0 Å². The van der Waals surface area contributed by atoms with Gasteiger partial charge in [0.2, 0.25) is 0 Å². The van der Waals surface area contributed by atoms with Gasteiger partial charge in [-0.3, -0.25) is 4.79 Å². The lowest BCUT2D eigenvalue weighted by molar-refractivity contribution is 0.0782. The highest BCUT2D eigenvalue weighted by atomic mass is 32.1. The molecule has 0 spiro atoms. The van der Waals surface area contributed by atoms with Crippen LogP contribution in [0.1, 0.15) is 21.6 Å². The van der Waals surface area contributed by atoms with E-state index in [1.165, 1.54) is 11.3 Å². The zero-order valence-corrected chi connectivity index (χ0v) is 11.7. The first-order valence-electron chi connectivity index (χ1n) is 6.13. The third-order valence-electron chi connectivity index (χ3n) is 2.89. The van der Waals surface area contributed by atoms with E-state index in [0.29, 0.717) is 19.5 Å². The number of thiazole rings is 1. The molecule has 0 atom stereocenters. The van der Waals surface area contributed by atoms with Gasteiger partial charge in [0, 0.05) is 18.0 Å². The van der Waals surface area contributed by atoms with Gasteiger partial charge in [0.1, 0.15) is 0 Å². The first-order chi connectivity index (χ1) is 9.22. The quantitative estimate of drug-likeness (QED) is 0.907. The Bertz CT molecular complexity index is 539. The average Bonchev–Trinajstić information content (AvgIpc) is 2.92. The molecule has 0 unspecified atom stereocenters. The molecular formula is C14H17N3OS. The molecule has 2 aromatic rings. The van der Waals surface area contributed by atoms with Crippen molar-refractivity contribution in [2.24, 2.45) is 5.73 Å². The number of carbonyl (C=O) groups excluding carboxylic acids is 1. The minimum atomic E-state index is 0.0112. The van der Waals surface area contributed by atoms with Crippen molar-refractivity contribution < 1.29 is 4.79 Å². The third kappa shape index (κ3) is 3.39. The Morgan fingerprint density at radius 3 is 2.89 bits per heavy atom. The number of nitrogens with zero attached hydrogens (tertiary/aromatic N) is 2. The lowest BCUT2D eigenvalue weighted by Crippen LogP contribution is -2.27. The van der Waals surface area contributed by atoms with Crippen LogP contribution in [-0.4, -0.2) is 29.4 Å². The van der Waals surface area contributed by atoms with E-state index in [-0.39, 0.29) is 5.91 Å². The number of nitrogens with two attached hydrogens (primary N) is 1. The normalized spacial score (nSPS) is 10.4. The Morgan fingerprint density at radius 1 is 1.42 bits per heavy atom. The molecule has 1 amide bonds. The first kappa shape index (κ1) is 13.7. The first-order valence-corrected chi connectivity index (χ1v) is 7.07. The summed E-state index contributed by atoms with van der Waals surface area (Å²) in [6, 6.07) is 7.62. The Hall–Kier alpha value is -1.72. The fraction of sp³-hybridized carbons (Fsp3) is 0.286. The Kier molecular flexibility index (Phi) is 4.65. The highest BCUT2D eigenvalue weighted by Crippen LogP contribution is 2.13. The van der Waals surface area contributed by atoms with E-state index in [0.717, 1.165) is 16.8 Å². The van der Waals surface area contributed by atoms with Gasteiger partial charge in [0.05, 0.1) is 17.7 Å². The Morgan fingerprint density at radius 2 is 2.21 bits per heavy atom. The van der Waals surface area contributed by atoms with Gasteiger partial charge in [-0.25, -0.2) is 4.98 Å². The number of benzene rings is 1. The molecule has 0 saturated heterocycles. The molecule has 2 rings (SSSR count). The molecule has 5 heteroatoms. The zero-order valence-electron chi connectivity index (χ0n) is 10.9. The maximum atomic E-state index is 12.4. The summed E-state index contributed by atoms with van der Waals surface area (Å²) < 4.78 is 0. The molecule has 0 radical (unpaired) electrons. The molecular weight excluding hydrogens is 258 g/mol. The van der Waals surface area contributed by atoms with Crippen LogP contribution in [0.2, 0.25) is 0 Å². The van der Waals surface area contributed by atoms with Gasteiger partial charge in [0.15, 0.2) is 0 Å². The van der Waals surface area contributed by atoms with Crippen LogP contribution in [0.25, 0.3) is 0 Å². The zero-order chi connectivity index (χ0) is 13.7. The molecule has 0 bridgehead atoms. The molecule has 0 fully saturated rings. The maximum Gasteiger partial charge on any atom is 0.254 e. The van der Waals surface area contributed by atoms with Crippen LogP contribution in [0, 0.1) is 0 Å². The SMILES string of the molecule is CN(Cc1cscn1)C(=O)c1ccccc1CCN. The molecule has 19 heavy (non-hydrogen) atoms. The topological polar surface area (TPSA) is 59.2 Å².